The van der Waals surface area contributed by atoms with Gasteiger partial charge >= 0.3 is 0 Å². The smallest absolute Gasteiger partial charge is 0.241 e. The van der Waals surface area contributed by atoms with E-state index in [0.29, 0.717) is 0 Å². The molecular weight excluding hydrogens is 204 g/mol. The van der Waals surface area contributed by atoms with Crippen LogP contribution < -0.4 is 9.88 Å². The van der Waals surface area contributed by atoms with E-state index in [-0.39, 0.29) is 16.2 Å². The predicted molar refractivity (Wildman–Crippen MR) is 49.1 cm³/mol. The molecule has 74 valence electrons. The second-order valence-corrected chi connectivity index (χ2v) is 4.02. The number of sulfonamides is 1. The molecule has 0 saturated heterocycles. The van der Waals surface area contributed by atoms with Gasteiger partial charge < -0.3 is 4.74 Å². The van der Waals surface area contributed by atoms with E-state index in [1.54, 1.807) is 0 Å². The fourth-order valence-corrected chi connectivity index (χ4v) is 1.76. The van der Waals surface area contributed by atoms with Gasteiger partial charge in [-0.2, -0.15) is 5.26 Å². The molecule has 1 aromatic carbocycles. The van der Waals surface area contributed by atoms with Crippen LogP contribution in [-0.4, -0.2) is 15.5 Å². The molecule has 1 rings (SSSR count). The lowest BCUT2D eigenvalue weighted by Crippen LogP contribution is -2.13. The standard InChI is InChI=1S/C8H8N2O3S/c1-13-8-6(5-9)3-2-4-7(8)14(10,11)12/h2-4H,1H3,(H2,10,11,12). The van der Waals surface area contributed by atoms with Crippen LogP contribution in [0.4, 0.5) is 0 Å². The third-order valence-corrected chi connectivity index (χ3v) is 2.54. The van der Waals surface area contributed by atoms with Crippen molar-refractivity contribution in [3.8, 4) is 11.8 Å². The third kappa shape index (κ3) is 1.84. The zero-order chi connectivity index (χ0) is 10.8. The van der Waals surface area contributed by atoms with Crippen LogP contribution in [-0.2, 0) is 10.0 Å². The number of ether oxygens (including phenoxy) is 1. The SMILES string of the molecule is COc1c(C#N)cccc1S(N)(=O)=O. The third-order valence-electron chi connectivity index (χ3n) is 1.61. The summed E-state index contributed by atoms with van der Waals surface area (Å²) in [5.41, 5.74) is 0.138. The van der Waals surface area contributed by atoms with Gasteiger partial charge in [-0.05, 0) is 12.1 Å². The van der Waals surface area contributed by atoms with Crippen LogP contribution in [0.1, 0.15) is 5.56 Å². The van der Waals surface area contributed by atoms with E-state index >= 15 is 0 Å². The first kappa shape index (κ1) is 10.5. The Morgan fingerprint density at radius 1 is 1.50 bits per heavy atom. The number of hydrogen-bond donors (Lipinski definition) is 1. The average molecular weight is 212 g/mol. The number of nitriles is 1. The zero-order valence-corrected chi connectivity index (χ0v) is 8.21. The summed E-state index contributed by atoms with van der Waals surface area (Å²) < 4.78 is 27.0. The van der Waals surface area contributed by atoms with Crippen LogP contribution in [0.25, 0.3) is 0 Å². The number of nitrogens with zero attached hydrogens (tertiary/aromatic N) is 1. The highest BCUT2D eigenvalue weighted by Crippen LogP contribution is 2.25. The summed E-state index contributed by atoms with van der Waals surface area (Å²) >= 11 is 0. The highest BCUT2D eigenvalue weighted by molar-refractivity contribution is 7.89. The minimum absolute atomic E-state index is 0.0162. The quantitative estimate of drug-likeness (QED) is 0.758. The summed E-state index contributed by atoms with van der Waals surface area (Å²) in [4.78, 5) is -0.181. The molecule has 6 heteroatoms. The number of rotatable bonds is 2. The first-order valence-electron chi connectivity index (χ1n) is 3.60. The molecule has 0 unspecified atom stereocenters. The molecule has 0 bridgehead atoms. The Hall–Kier alpha value is -1.58. The summed E-state index contributed by atoms with van der Waals surface area (Å²) in [6.07, 6.45) is 0. The van der Waals surface area contributed by atoms with E-state index in [4.69, 9.17) is 15.1 Å². The van der Waals surface area contributed by atoms with Crippen molar-refractivity contribution >= 4 is 10.0 Å². The Balaban J connectivity index is 3.55. The Morgan fingerprint density at radius 3 is 2.57 bits per heavy atom. The molecule has 0 aliphatic rings. The maximum absolute atomic E-state index is 11.1. The molecule has 0 fully saturated rings. The second-order valence-electron chi connectivity index (χ2n) is 2.49. The molecule has 0 radical (unpaired) electrons. The fraction of sp³-hybridized carbons (Fsp3) is 0.125. The minimum Gasteiger partial charge on any atom is -0.494 e. The van der Waals surface area contributed by atoms with E-state index in [9.17, 15) is 8.42 Å². The molecule has 0 atom stereocenters. The van der Waals surface area contributed by atoms with Crippen LogP contribution in [0.15, 0.2) is 23.1 Å². The molecule has 0 spiro atoms. The van der Waals surface area contributed by atoms with Gasteiger partial charge in [0, 0.05) is 0 Å². The van der Waals surface area contributed by atoms with Gasteiger partial charge in [-0.1, -0.05) is 6.07 Å². The van der Waals surface area contributed by atoms with Gasteiger partial charge in [0.15, 0.2) is 5.75 Å². The monoisotopic (exact) mass is 212 g/mol. The Kier molecular flexibility index (Phi) is 2.74. The first-order chi connectivity index (χ1) is 6.50. The lowest BCUT2D eigenvalue weighted by Gasteiger charge is -2.06. The molecule has 2 N–H and O–H groups in total. The molecule has 0 aromatic heterocycles. The number of hydrogen-bond acceptors (Lipinski definition) is 4. The van der Waals surface area contributed by atoms with Crippen molar-refractivity contribution < 1.29 is 13.2 Å². The summed E-state index contributed by atoms with van der Waals surface area (Å²) in [5, 5.41) is 13.6. The molecule has 0 aliphatic carbocycles. The van der Waals surface area contributed by atoms with Crippen molar-refractivity contribution in [1.29, 1.82) is 5.26 Å². The van der Waals surface area contributed by atoms with Crippen molar-refractivity contribution in [2.75, 3.05) is 7.11 Å². The number of benzene rings is 1. The van der Waals surface area contributed by atoms with Crippen molar-refractivity contribution in [3.63, 3.8) is 0 Å². The molecule has 0 heterocycles. The number of methoxy groups -OCH3 is 1. The van der Waals surface area contributed by atoms with Crippen LogP contribution in [0, 0.1) is 11.3 Å². The second kappa shape index (κ2) is 3.65. The highest BCUT2D eigenvalue weighted by atomic mass is 32.2. The summed E-state index contributed by atoms with van der Waals surface area (Å²) in [5.74, 6) is -0.0162. The molecule has 14 heavy (non-hydrogen) atoms. The average Bonchev–Trinajstić information content (AvgIpc) is 2.15. The molecule has 1 aromatic rings. The first-order valence-corrected chi connectivity index (χ1v) is 5.15. The van der Waals surface area contributed by atoms with Crippen molar-refractivity contribution in [3.05, 3.63) is 23.8 Å². The van der Waals surface area contributed by atoms with E-state index in [1.807, 2.05) is 6.07 Å². The van der Waals surface area contributed by atoms with Crippen LogP contribution >= 0.6 is 0 Å². The van der Waals surface area contributed by atoms with Gasteiger partial charge in [0.1, 0.15) is 11.0 Å². The lowest BCUT2D eigenvalue weighted by atomic mass is 10.2. The van der Waals surface area contributed by atoms with Gasteiger partial charge in [0.25, 0.3) is 0 Å². The maximum atomic E-state index is 11.1. The summed E-state index contributed by atoms with van der Waals surface area (Å²) in [7, 11) is -2.57. The highest BCUT2D eigenvalue weighted by Gasteiger charge is 2.17. The van der Waals surface area contributed by atoms with Crippen LogP contribution in [0.5, 0.6) is 5.75 Å². The Labute approximate surface area is 81.8 Å². The van der Waals surface area contributed by atoms with Crippen molar-refractivity contribution in [2.45, 2.75) is 4.90 Å². The van der Waals surface area contributed by atoms with Crippen LogP contribution in [0.2, 0.25) is 0 Å². The largest absolute Gasteiger partial charge is 0.494 e. The lowest BCUT2D eigenvalue weighted by molar-refractivity contribution is 0.401. The minimum atomic E-state index is -3.85. The molecule has 0 amide bonds. The maximum Gasteiger partial charge on any atom is 0.241 e. The van der Waals surface area contributed by atoms with Gasteiger partial charge in [0.05, 0.1) is 12.7 Å². The molecular formula is C8H8N2O3S. The summed E-state index contributed by atoms with van der Waals surface area (Å²) in [6, 6.07) is 5.98. The number of para-hydroxylation sites is 1. The number of nitrogens with two attached hydrogens (primary N) is 1. The zero-order valence-electron chi connectivity index (χ0n) is 7.39. The Bertz CT molecular complexity index is 488. The topological polar surface area (TPSA) is 93.2 Å². The van der Waals surface area contributed by atoms with E-state index in [0.717, 1.165) is 0 Å². The van der Waals surface area contributed by atoms with E-state index in [1.165, 1.54) is 25.3 Å². The molecule has 0 saturated carbocycles. The van der Waals surface area contributed by atoms with E-state index in [2.05, 4.69) is 0 Å². The van der Waals surface area contributed by atoms with Crippen molar-refractivity contribution in [1.82, 2.24) is 0 Å². The van der Waals surface area contributed by atoms with E-state index < -0.39 is 10.0 Å². The number of primary sulfonamides is 1. The fourth-order valence-electron chi connectivity index (χ4n) is 1.04. The molecule has 5 nitrogen and oxygen atoms in total. The predicted octanol–water partition coefficient (Wildman–Crippen LogP) is 0.214. The summed E-state index contributed by atoms with van der Waals surface area (Å²) in [6.45, 7) is 0. The van der Waals surface area contributed by atoms with Crippen LogP contribution in [0.3, 0.4) is 0 Å². The van der Waals surface area contributed by atoms with Gasteiger partial charge in [0.2, 0.25) is 10.0 Å². The van der Waals surface area contributed by atoms with Gasteiger partial charge in [-0.25, -0.2) is 13.6 Å². The van der Waals surface area contributed by atoms with Gasteiger partial charge in [-0.3, -0.25) is 0 Å². The van der Waals surface area contributed by atoms with Gasteiger partial charge in [-0.15, -0.1) is 0 Å². The normalized spacial score (nSPS) is 10.6. The molecule has 0 aliphatic heterocycles. The Morgan fingerprint density at radius 2 is 2.14 bits per heavy atom. The van der Waals surface area contributed by atoms with Crippen molar-refractivity contribution in [2.24, 2.45) is 5.14 Å².